The van der Waals surface area contributed by atoms with E-state index in [0.717, 1.165) is 48.8 Å². The van der Waals surface area contributed by atoms with E-state index >= 15 is 0 Å². The molecule has 0 spiro atoms. The van der Waals surface area contributed by atoms with Crippen LogP contribution >= 0.6 is 0 Å². The summed E-state index contributed by atoms with van der Waals surface area (Å²) in [6.07, 6.45) is 7.55. The van der Waals surface area contributed by atoms with Crippen molar-refractivity contribution in [2.45, 2.75) is 49.5 Å². The first-order valence-corrected chi connectivity index (χ1v) is 16.8. The first-order chi connectivity index (χ1) is 21.3. The van der Waals surface area contributed by atoms with Crippen LogP contribution in [0.5, 0.6) is 0 Å². The lowest BCUT2D eigenvalue weighted by Gasteiger charge is -2.33. The number of rotatable bonds is 11. The largest absolute Gasteiger partial charge is 0.371 e. The fourth-order valence-electron chi connectivity index (χ4n) is 5.82. The summed E-state index contributed by atoms with van der Waals surface area (Å²) >= 11 is 0. The number of carbonyl (C=O) groups excluding carboxylic acids is 3. The predicted octanol–water partition coefficient (Wildman–Crippen LogP) is 2.43. The molecule has 234 valence electrons. The molecule has 2 aliphatic rings. The maximum absolute atomic E-state index is 13.4. The third-order valence-electron chi connectivity index (χ3n) is 8.35. The van der Waals surface area contributed by atoms with E-state index < -0.39 is 22.0 Å². The molecule has 0 radical (unpaired) electrons. The van der Waals surface area contributed by atoms with Gasteiger partial charge in [-0.3, -0.25) is 19.4 Å². The van der Waals surface area contributed by atoms with Crippen molar-refractivity contribution < 1.29 is 22.8 Å². The molecule has 11 nitrogen and oxygen atoms in total. The molecule has 5 rings (SSSR count). The van der Waals surface area contributed by atoms with Crippen LogP contribution in [0.4, 0.5) is 5.69 Å². The molecule has 0 aliphatic carbocycles. The lowest BCUT2D eigenvalue weighted by molar-refractivity contribution is -0.137. The average Bonchev–Trinajstić information content (AvgIpc) is 3.06. The highest BCUT2D eigenvalue weighted by Gasteiger charge is 2.30. The topological polar surface area (TPSA) is 141 Å². The van der Waals surface area contributed by atoms with E-state index in [2.05, 4.69) is 25.2 Å². The number of carbonyl (C=O) groups is 3. The molecular formula is C32H40N6O5S. The quantitative estimate of drug-likeness (QED) is 0.299. The molecule has 0 bridgehead atoms. The molecule has 1 atom stereocenters. The third-order valence-corrected chi connectivity index (χ3v) is 9.81. The molecule has 3 heterocycles. The van der Waals surface area contributed by atoms with Crippen LogP contribution in [-0.2, 0) is 24.4 Å². The van der Waals surface area contributed by atoms with Crippen LogP contribution in [0.1, 0.15) is 38.5 Å². The number of amides is 3. The van der Waals surface area contributed by atoms with Gasteiger partial charge in [0.2, 0.25) is 27.7 Å². The maximum atomic E-state index is 13.4. The number of fused-ring (bicyclic) bond motifs is 1. The molecule has 3 aromatic rings. The molecule has 3 N–H and O–H groups in total. The Kier molecular flexibility index (Phi) is 10.4. The van der Waals surface area contributed by atoms with Crippen molar-refractivity contribution in [3.8, 4) is 0 Å². The van der Waals surface area contributed by atoms with E-state index in [1.165, 1.54) is 6.07 Å². The average molecular weight is 621 g/mol. The van der Waals surface area contributed by atoms with Crippen LogP contribution in [0.2, 0.25) is 0 Å². The van der Waals surface area contributed by atoms with Gasteiger partial charge in [0.15, 0.2) is 0 Å². The van der Waals surface area contributed by atoms with Gasteiger partial charge >= 0.3 is 0 Å². The van der Waals surface area contributed by atoms with Gasteiger partial charge in [0.25, 0.3) is 0 Å². The maximum Gasteiger partial charge on any atom is 0.246 e. The van der Waals surface area contributed by atoms with Crippen molar-refractivity contribution in [3.05, 3.63) is 67.0 Å². The number of hydrogen-bond acceptors (Lipinski definition) is 7. The zero-order chi connectivity index (χ0) is 30.9. The summed E-state index contributed by atoms with van der Waals surface area (Å²) in [6.45, 7) is 2.55. The molecule has 1 unspecified atom stereocenters. The fraction of sp³-hybridized carbons (Fsp3) is 0.438. The second-order valence-electron chi connectivity index (χ2n) is 11.4. The van der Waals surface area contributed by atoms with Crippen LogP contribution < -0.4 is 20.3 Å². The van der Waals surface area contributed by atoms with Crippen molar-refractivity contribution in [1.82, 2.24) is 25.2 Å². The number of piperidine rings is 2. The first-order valence-electron chi connectivity index (χ1n) is 15.3. The Morgan fingerprint density at radius 3 is 2.32 bits per heavy atom. The highest BCUT2D eigenvalue weighted by atomic mass is 32.2. The lowest BCUT2D eigenvalue weighted by Crippen LogP contribution is -2.55. The minimum atomic E-state index is -3.83. The van der Waals surface area contributed by atoms with Crippen LogP contribution in [0.25, 0.3) is 10.8 Å². The Labute approximate surface area is 258 Å². The molecule has 0 saturated carbocycles. The summed E-state index contributed by atoms with van der Waals surface area (Å²) in [4.78, 5) is 47.5. The summed E-state index contributed by atoms with van der Waals surface area (Å²) in [5, 5.41) is 7.39. The molecule has 44 heavy (non-hydrogen) atoms. The Morgan fingerprint density at radius 1 is 0.886 bits per heavy atom. The standard InChI is InChI=1S/C32H40N6O5S/c39-30(12-17-35-44(42,43)28-9-8-24-6-2-3-7-26(24)22-28)36-29(32(41)38-18-4-1-5-19-38)23-34-31(40)25-13-20-37(21-14-25)27-10-15-33-16-11-27/h2-3,6-11,15-16,22,25,29,35H,1,4-5,12-14,17-21,23H2,(H,34,40)(H,36,39). The number of nitrogens with one attached hydrogen (secondary N) is 3. The van der Waals surface area contributed by atoms with Crippen molar-refractivity contribution in [1.29, 1.82) is 0 Å². The normalized spacial score (nSPS) is 16.8. The molecule has 2 fully saturated rings. The van der Waals surface area contributed by atoms with Crippen molar-refractivity contribution in [2.24, 2.45) is 5.92 Å². The summed E-state index contributed by atoms with van der Waals surface area (Å²) in [5.41, 5.74) is 1.08. The van der Waals surface area contributed by atoms with Gasteiger partial charge in [0, 0.05) is 69.7 Å². The van der Waals surface area contributed by atoms with Gasteiger partial charge in [0.05, 0.1) is 4.90 Å². The Hall–Kier alpha value is -4.03. The van der Waals surface area contributed by atoms with E-state index in [9.17, 15) is 22.8 Å². The van der Waals surface area contributed by atoms with E-state index in [1.807, 2.05) is 36.4 Å². The number of hydrogen-bond donors (Lipinski definition) is 3. The van der Waals surface area contributed by atoms with Crippen LogP contribution in [0.15, 0.2) is 71.9 Å². The predicted molar refractivity (Wildman–Crippen MR) is 168 cm³/mol. The lowest BCUT2D eigenvalue weighted by atomic mass is 9.95. The van der Waals surface area contributed by atoms with E-state index in [-0.39, 0.29) is 42.1 Å². The molecule has 3 amide bonds. The highest BCUT2D eigenvalue weighted by molar-refractivity contribution is 7.89. The molecule has 2 aliphatic heterocycles. The highest BCUT2D eigenvalue weighted by Crippen LogP contribution is 2.23. The molecule has 1 aromatic heterocycles. The van der Waals surface area contributed by atoms with Crippen LogP contribution in [0.3, 0.4) is 0 Å². The number of sulfonamides is 1. The third kappa shape index (κ3) is 8.11. The molecular weight excluding hydrogens is 580 g/mol. The second-order valence-corrected chi connectivity index (χ2v) is 13.1. The summed E-state index contributed by atoms with van der Waals surface area (Å²) < 4.78 is 28.2. The monoisotopic (exact) mass is 620 g/mol. The minimum Gasteiger partial charge on any atom is -0.371 e. The summed E-state index contributed by atoms with van der Waals surface area (Å²) in [6, 6.07) is 15.3. The van der Waals surface area contributed by atoms with Gasteiger partial charge in [-0.05, 0) is 67.1 Å². The van der Waals surface area contributed by atoms with Gasteiger partial charge in [-0.15, -0.1) is 0 Å². The number of benzene rings is 2. The van der Waals surface area contributed by atoms with Gasteiger partial charge in [-0.2, -0.15) is 0 Å². The summed E-state index contributed by atoms with van der Waals surface area (Å²) in [7, 11) is -3.83. The summed E-state index contributed by atoms with van der Waals surface area (Å²) in [5.74, 6) is -1.02. The van der Waals surface area contributed by atoms with Gasteiger partial charge in [-0.1, -0.05) is 30.3 Å². The van der Waals surface area contributed by atoms with Crippen LogP contribution in [-0.4, -0.2) is 81.3 Å². The van der Waals surface area contributed by atoms with Gasteiger partial charge in [-0.25, -0.2) is 13.1 Å². The molecule has 2 aromatic carbocycles. The van der Waals surface area contributed by atoms with Gasteiger partial charge < -0.3 is 20.4 Å². The number of likely N-dealkylation sites (tertiary alicyclic amines) is 1. The smallest absolute Gasteiger partial charge is 0.246 e. The van der Waals surface area contributed by atoms with Crippen LogP contribution in [0, 0.1) is 5.92 Å². The van der Waals surface area contributed by atoms with Crippen molar-refractivity contribution in [2.75, 3.05) is 44.2 Å². The number of nitrogens with zero attached hydrogens (tertiary/aromatic N) is 3. The zero-order valence-electron chi connectivity index (χ0n) is 24.8. The minimum absolute atomic E-state index is 0.0205. The molecule has 12 heteroatoms. The Bertz CT molecular complexity index is 1550. The Balaban J connectivity index is 1.14. The van der Waals surface area contributed by atoms with E-state index in [0.29, 0.717) is 25.9 Å². The van der Waals surface area contributed by atoms with E-state index in [1.54, 1.807) is 29.4 Å². The SMILES string of the molecule is O=C(CCNS(=O)(=O)c1ccc2ccccc2c1)NC(CNC(=O)C1CCN(c2ccncc2)CC1)C(=O)N1CCCCC1. The number of aromatic nitrogens is 1. The zero-order valence-corrected chi connectivity index (χ0v) is 25.6. The fourth-order valence-corrected chi connectivity index (χ4v) is 6.89. The second kappa shape index (κ2) is 14.6. The van der Waals surface area contributed by atoms with Crippen molar-refractivity contribution in [3.63, 3.8) is 0 Å². The number of anilines is 1. The van der Waals surface area contributed by atoms with Gasteiger partial charge in [0.1, 0.15) is 6.04 Å². The molecule has 2 saturated heterocycles. The van der Waals surface area contributed by atoms with Crippen molar-refractivity contribution >= 4 is 44.2 Å². The Morgan fingerprint density at radius 2 is 1.59 bits per heavy atom. The first kappa shape index (κ1) is 31.4. The van der Waals surface area contributed by atoms with E-state index in [4.69, 9.17) is 0 Å². The number of pyridine rings is 1.